The van der Waals surface area contributed by atoms with E-state index in [4.69, 9.17) is 5.11 Å². The summed E-state index contributed by atoms with van der Waals surface area (Å²) in [5.74, 6) is -0.852. The van der Waals surface area contributed by atoms with Crippen LogP contribution in [0.1, 0.15) is 0 Å². The van der Waals surface area contributed by atoms with E-state index >= 15 is 0 Å². The SMILES string of the molecule is O=C(O)[C@H]1CO1.[K]. The van der Waals surface area contributed by atoms with Gasteiger partial charge in [0, 0.05) is 51.4 Å². The number of carboxylic acid groups (broad SMARTS) is 1. The van der Waals surface area contributed by atoms with Crippen molar-refractivity contribution in [2.75, 3.05) is 6.61 Å². The van der Waals surface area contributed by atoms with E-state index in [0.717, 1.165) is 0 Å². The predicted molar refractivity (Wildman–Crippen MR) is 23.1 cm³/mol. The molecule has 1 aliphatic rings. The van der Waals surface area contributed by atoms with Gasteiger partial charge in [0.2, 0.25) is 0 Å². The summed E-state index contributed by atoms with van der Waals surface area (Å²) in [6, 6.07) is 0. The summed E-state index contributed by atoms with van der Waals surface area (Å²) in [4.78, 5) is 9.64. The molecule has 0 unspecified atom stereocenters. The normalized spacial score (nSPS) is 25.4. The van der Waals surface area contributed by atoms with E-state index in [2.05, 4.69) is 4.74 Å². The van der Waals surface area contributed by atoms with E-state index in [1.807, 2.05) is 0 Å². The minimum Gasteiger partial charge on any atom is -0.479 e. The Morgan fingerprint density at radius 1 is 1.86 bits per heavy atom. The number of epoxide rings is 1. The van der Waals surface area contributed by atoms with E-state index in [1.165, 1.54) is 0 Å². The van der Waals surface area contributed by atoms with Crippen LogP contribution in [0.3, 0.4) is 0 Å². The summed E-state index contributed by atoms with van der Waals surface area (Å²) >= 11 is 0. The van der Waals surface area contributed by atoms with Gasteiger partial charge < -0.3 is 9.84 Å². The van der Waals surface area contributed by atoms with E-state index < -0.39 is 12.1 Å². The Labute approximate surface area is 83.5 Å². The van der Waals surface area contributed by atoms with Crippen LogP contribution in [-0.2, 0) is 9.53 Å². The second-order valence-corrected chi connectivity index (χ2v) is 1.16. The number of carbonyl (C=O) groups is 1. The van der Waals surface area contributed by atoms with Gasteiger partial charge in [-0.05, 0) is 0 Å². The molecule has 0 amide bonds. The Morgan fingerprint density at radius 2 is 2.29 bits per heavy atom. The summed E-state index contributed by atoms with van der Waals surface area (Å²) in [5.41, 5.74) is 0. The summed E-state index contributed by atoms with van der Waals surface area (Å²) in [7, 11) is 0. The molecule has 1 N–H and O–H groups in total. The number of carboxylic acids is 1. The molecule has 0 aromatic rings. The summed E-state index contributed by atoms with van der Waals surface area (Å²) in [5, 5.41) is 7.93. The molecule has 1 saturated heterocycles. The van der Waals surface area contributed by atoms with Gasteiger partial charge in [0.15, 0.2) is 6.10 Å². The van der Waals surface area contributed by atoms with Crippen molar-refractivity contribution < 1.29 is 14.6 Å². The van der Waals surface area contributed by atoms with Gasteiger partial charge in [-0.15, -0.1) is 0 Å². The van der Waals surface area contributed by atoms with Crippen molar-refractivity contribution in [3.8, 4) is 0 Å². The fourth-order valence-corrected chi connectivity index (χ4v) is 0.191. The van der Waals surface area contributed by atoms with Crippen LogP contribution in [0.25, 0.3) is 0 Å². The number of ether oxygens (including phenoxy) is 1. The maximum Gasteiger partial charge on any atom is 0.335 e. The largest absolute Gasteiger partial charge is 0.479 e. The maximum atomic E-state index is 9.64. The summed E-state index contributed by atoms with van der Waals surface area (Å²) < 4.78 is 4.37. The fourth-order valence-electron chi connectivity index (χ4n) is 0.191. The third-order valence-electron chi connectivity index (χ3n) is 0.609. The first kappa shape index (κ1) is 8.07. The minimum atomic E-state index is -0.852. The quantitative estimate of drug-likeness (QED) is 0.366. The first-order chi connectivity index (χ1) is 2.80. The van der Waals surface area contributed by atoms with E-state index in [1.54, 1.807) is 0 Å². The van der Waals surface area contributed by atoms with Crippen molar-refractivity contribution in [2.45, 2.75) is 6.10 Å². The molecule has 0 aromatic heterocycles. The van der Waals surface area contributed by atoms with Crippen LogP contribution in [0.15, 0.2) is 0 Å². The topological polar surface area (TPSA) is 49.8 Å². The van der Waals surface area contributed by atoms with Crippen LogP contribution >= 0.6 is 0 Å². The molecule has 1 fully saturated rings. The van der Waals surface area contributed by atoms with Crippen LogP contribution in [0.2, 0.25) is 0 Å². The summed E-state index contributed by atoms with van der Waals surface area (Å²) in [6.07, 6.45) is -0.481. The van der Waals surface area contributed by atoms with E-state index in [9.17, 15) is 4.79 Å². The van der Waals surface area contributed by atoms with Crippen molar-refractivity contribution in [3.63, 3.8) is 0 Å². The Balaban J connectivity index is 0.000000360. The first-order valence-corrected chi connectivity index (χ1v) is 1.65. The first-order valence-electron chi connectivity index (χ1n) is 1.65. The van der Waals surface area contributed by atoms with Crippen LogP contribution in [0.5, 0.6) is 0 Å². The molecule has 4 heteroatoms. The molecule has 0 aliphatic carbocycles. The molecule has 7 heavy (non-hydrogen) atoms. The van der Waals surface area contributed by atoms with Crippen LogP contribution in [-0.4, -0.2) is 75.2 Å². The number of aliphatic carboxylic acids is 1. The van der Waals surface area contributed by atoms with E-state index in [-0.39, 0.29) is 51.4 Å². The van der Waals surface area contributed by atoms with Gasteiger partial charge in [-0.3, -0.25) is 0 Å². The monoisotopic (exact) mass is 127 g/mol. The zero-order chi connectivity index (χ0) is 4.57. The molecule has 0 saturated carbocycles. The van der Waals surface area contributed by atoms with Gasteiger partial charge in [-0.25, -0.2) is 4.79 Å². The van der Waals surface area contributed by atoms with Crippen LogP contribution in [0, 0.1) is 0 Å². The molecule has 1 heterocycles. The molecule has 3 nitrogen and oxygen atoms in total. The van der Waals surface area contributed by atoms with E-state index in [0.29, 0.717) is 6.61 Å². The molecule has 1 atom stereocenters. The second kappa shape index (κ2) is 3.16. The molecule has 0 spiro atoms. The van der Waals surface area contributed by atoms with Gasteiger partial charge >= 0.3 is 5.97 Å². The zero-order valence-electron chi connectivity index (χ0n) is 4.05. The summed E-state index contributed by atoms with van der Waals surface area (Å²) in [6.45, 7) is 0.398. The Morgan fingerprint density at radius 3 is 2.29 bits per heavy atom. The third kappa shape index (κ3) is 2.79. The fraction of sp³-hybridized carbons (Fsp3) is 0.667. The molecule has 0 bridgehead atoms. The second-order valence-electron chi connectivity index (χ2n) is 1.16. The Bertz CT molecular complexity index is 78.2. The van der Waals surface area contributed by atoms with Crippen molar-refractivity contribution in [1.29, 1.82) is 0 Å². The predicted octanol–water partition coefficient (Wildman–Crippen LogP) is -0.911. The number of rotatable bonds is 1. The smallest absolute Gasteiger partial charge is 0.335 e. The van der Waals surface area contributed by atoms with Gasteiger partial charge in [-0.1, -0.05) is 0 Å². The molecule has 1 aliphatic heterocycles. The zero-order valence-corrected chi connectivity index (χ0v) is 7.17. The van der Waals surface area contributed by atoms with Gasteiger partial charge in [0.1, 0.15) is 0 Å². The minimum absolute atomic E-state index is 0. The molecule has 1 radical (unpaired) electrons. The third-order valence-corrected chi connectivity index (χ3v) is 0.609. The average molecular weight is 127 g/mol. The van der Waals surface area contributed by atoms with Gasteiger partial charge in [-0.2, -0.15) is 0 Å². The van der Waals surface area contributed by atoms with Crippen molar-refractivity contribution in [1.82, 2.24) is 0 Å². The number of hydrogen-bond donors (Lipinski definition) is 1. The van der Waals surface area contributed by atoms with Gasteiger partial charge in [0.25, 0.3) is 0 Å². The molecular formula is C3H4KO3. The Kier molecular flexibility index (Phi) is 3.65. The standard InChI is InChI=1S/C3H4O3.K/c4-3(5)2-1-6-2;/h2H,1H2,(H,4,5);/t2-;/m1./s1. The van der Waals surface area contributed by atoms with Crippen molar-refractivity contribution >= 4 is 57.4 Å². The molecule has 1 rings (SSSR count). The Hall–Kier alpha value is 1.07. The molecule has 0 aromatic carbocycles. The van der Waals surface area contributed by atoms with Crippen LogP contribution < -0.4 is 0 Å². The molecule has 35 valence electrons. The maximum absolute atomic E-state index is 9.64. The van der Waals surface area contributed by atoms with Crippen molar-refractivity contribution in [2.24, 2.45) is 0 Å². The molecular weight excluding hydrogens is 123 g/mol. The van der Waals surface area contributed by atoms with Gasteiger partial charge in [0.05, 0.1) is 6.61 Å². The van der Waals surface area contributed by atoms with Crippen molar-refractivity contribution in [3.05, 3.63) is 0 Å². The number of hydrogen-bond acceptors (Lipinski definition) is 2. The van der Waals surface area contributed by atoms with Crippen LogP contribution in [0.4, 0.5) is 0 Å². The average Bonchev–Trinajstić information content (AvgIpc) is 2.06.